The summed E-state index contributed by atoms with van der Waals surface area (Å²) in [6.45, 7) is 4.23. The molecule has 1 unspecified atom stereocenters. The molecule has 2 nitrogen and oxygen atoms in total. The first-order valence-electron chi connectivity index (χ1n) is 5.33. The van der Waals surface area contributed by atoms with Crippen LogP contribution < -0.4 is 5.32 Å². The average molecular weight is 350 g/mol. The minimum absolute atomic E-state index is 0.363. The minimum Gasteiger partial charge on any atom is -0.309 e. The van der Waals surface area contributed by atoms with Gasteiger partial charge in [-0.25, -0.2) is 0 Å². The van der Waals surface area contributed by atoms with Crippen LogP contribution in [0.25, 0.3) is 0 Å². The molecule has 1 atom stereocenters. The molecular weight excluding hydrogens is 332 g/mol. The average Bonchev–Trinajstić information content (AvgIpc) is 2.16. The molecule has 0 aliphatic heterocycles. The van der Waals surface area contributed by atoms with Crippen LogP contribution in [-0.4, -0.2) is 32.1 Å². The van der Waals surface area contributed by atoms with Crippen molar-refractivity contribution in [3.05, 3.63) is 32.7 Å². The Balaban J connectivity index is 2.55. The molecule has 0 aliphatic rings. The smallest absolute Gasteiger partial charge is 0.0303 e. The van der Waals surface area contributed by atoms with Crippen molar-refractivity contribution in [2.45, 2.75) is 13.0 Å². The maximum Gasteiger partial charge on any atom is 0.0303 e. The van der Waals surface area contributed by atoms with Crippen molar-refractivity contribution in [3.63, 3.8) is 0 Å². The molecule has 1 aromatic carbocycles. The van der Waals surface area contributed by atoms with E-state index >= 15 is 0 Å². The van der Waals surface area contributed by atoms with Gasteiger partial charge >= 0.3 is 0 Å². The summed E-state index contributed by atoms with van der Waals surface area (Å²) in [5.74, 6) is 0. The summed E-state index contributed by atoms with van der Waals surface area (Å²) >= 11 is 7.05. The summed E-state index contributed by atoms with van der Waals surface area (Å²) in [4.78, 5) is 2.18. The fourth-order valence-corrected chi connectivity index (χ4v) is 2.86. The van der Waals surface area contributed by atoms with Gasteiger partial charge in [0.15, 0.2) is 0 Å². The van der Waals surface area contributed by atoms with Crippen molar-refractivity contribution in [1.29, 1.82) is 0 Å². The van der Waals surface area contributed by atoms with Crippen LogP contribution in [0.3, 0.4) is 0 Å². The van der Waals surface area contributed by atoms with E-state index < -0.39 is 0 Å². The second-order valence-electron chi connectivity index (χ2n) is 4.14. The van der Waals surface area contributed by atoms with E-state index in [4.69, 9.17) is 0 Å². The van der Waals surface area contributed by atoms with Gasteiger partial charge in [-0.2, -0.15) is 0 Å². The van der Waals surface area contributed by atoms with Crippen LogP contribution in [0.5, 0.6) is 0 Å². The molecule has 0 heterocycles. The van der Waals surface area contributed by atoms with Gasteiger partial charge in [-0.05, 0) is 38.7 Å². The Bertz CT molecular complexity index is 340. The summed E-state index contributed by atoms with van der Waals surface area (Å²) in [6.07, 6.45) is 0. The normalized spacial score (nSPS) is 13.1. The topological polar surface area (TPSA) is 15.3 Å². The monoisotopic (exact) mass is 348 g/mol. The molecule has 0 bridgehead atoms. The Labute approximate surface area is 115 Å². The van der Waals surface area contributed by atoms with Crippen molar-refractivity contribution in [3.8, 4) is 0 Å². The molecule has 1 rings (SSSR count). The molecule has 0 saturated carbocycles. The number of rotatable bonds is 5. The van der Waals surface area contributed by atoms with E-state index in [1.807, 2.05) is 0 Å². The highest BCUT2D eigenvalue weighted by atomic mass is 79.9. The summed E-state index contributed by atoms with van der Waals surface area (Å²) in [6, 6.07) is 6.66. The minimum atomic E-state index is 0.363. The lowest BCUT2D eigenvalue weighted by molar-refractivity contribution is 0.389. The lowest BCUT2D eigenvalue weighted by Gasteiger charge is -2.17. The third-order valence-corrected chi connectivity index (χ3v) is 3.62. The van der Waals surface area contributed by atoms with Gasteiger partial charge in [0.2, 0.25) is 0 Å². The van der Waals surface area contributed by atoms with Gasteiger partial charge in [0, 0.05) is 28.1 Å². The number of nitrogens with one attached hydrogen (secondary N) is 1. The Kier molecular flexibility index (Phi) is 5.97. The first-order valence-corrected chi connectivity index (χ1v) is 6.92. The van der Waals surface area contributed by atoms with E-state index in [9.17, 15) is 0 Å². The summed E-state index contributed by atoms with van der Waals surface area (Å²) < 4.78 is 2.25. The van der Waals surface area contributed by atoms with Crippen LogP contribution in [0.2, 0.25) is 0 Å². The molecule has 0 aliphatic carbocycles. The maximum atomic E-state index is 3.59. The Hall–Kier alpha value is 0.1000. The molecule has 90 valence electrons. The lowest BCUT2D eigenvalue weighted by atomic mass is 10.1. The van der Waals surface area contributed by atoms with E-state index in [2.05, 4.69) is 81.3 Å². The van der Waals surface area contributed by atoms with Gasteiger partial charge in [0.05, 0.1) is 0 Å². The Morgan fingerprint density at radius 2 is 2.00 bits per heavy atom. The summed E-state index contributed by atoms with van der Waals surface area (Å²) in [5.41, 5.74) is 1.29. The molecule has 1 N–H and O–H groups in total. The predicted molar refractivity (Wildman–Crippen MR) is 76.8 cm³/mol. The zero-order valence-electron chi connectivity index (χ0n) is 9.93. The number of hydrogen-bond acceptors (Lipinski definition) is 2. The first kappa shape index (κ1) is 14.2. The van der Waals surface area contributed by atoms with Gasteiger partial charge in [0.1, 0.15) is 0 Å². The third kappa shape index (κ3) is 4.53. The highest BCUT2D eigenvalue weighted by Gasteiger charge is 2.08. The number of nitrogens with zero attached hydrogens (tertiary/aromatic N) is 1. The molecule has 0 aromatic heterocycles. The van der Waals surface area contributed by atoms with Crippen LogP contribution in [-0.2, 0) is 0 Å². The van der Waals surface area contributed by atoms with Crippen molar-refractivity contribution in [1.82, 2.24) is 10.2 Å². The van der Waals surface area contributed by atoms with E-state index in [1.54, 1.807) is 0 Å². The molecule has 0 amide bonds. The molecule has 1 aromatic rings. The van der Waals surface area contributed by atoms with E-state index in [0.717, 1.165) is 22.0 Å². The fraction of sp³-hybridized carbons (Fsp3) is 0.500. The molecular formula is C12H18Br2N2. The second kappa shape index (κ2) is 6.74. The predicted octanol–water partition coefficient (Wildman–Crippen LogP) is 3.42. The van der Waals surface area contributed by atoms with Crippen molar-refractivity contribution in [2.24, 2.45) is 0 Å². The Morgan fingerprint density at radius 1 is 1.31 bits per heavy atom. The summed E-state index contributed by atoms with van der Waals surface area (Å²) in [7, 11) is 4.17. The molecule has 0 fully saturated rings. The van der Waals surface area contributed by atoms with E-state index in [0.29, 0.717) is 6.04 Å². The van der Waals surface area contributed by atoms with Crippen LogP contribution in [0, 0.1) is 0 Å². The van der Waals surface area contributed by atoms with Gasteiger partial charge in [-0.3, -0.25) is 0 Å². The van der Waals surface area contributed by atoms with E-state index in [1.165, 1.54) is 5.56 Å². The van der Waals surface area contributed by atoms with Crippen molar-refractivity contribution in [2.75, 3.05) is 27.2 Å². The van der Waals surface area contributed by atoms with Crippen molar-refractivity contribution < 1.29 is 0 Å². The molecule has 0 radical (unpaired) electrons. The van der Waals surface area contributed by atoms with Crippen LogP contribution >= 0.6 is 31.9 Å². The molecule has 0 saturated heterocycles. The second-order valence-corrected chi connectivity index (χ2v) is 5.91. The zero-order valence-corrected chi connectivity index (χ0v) is 13.1. The van der Waals surface area contributed by atoms with Gasteiger partial charge in [0.25, 0.3) is 0 Å². The van der Waals surface area contributed by atoms with Gasteiger partial charge in [-0.15, -0.1) is 0 Å². The highest BCUT2D eigenvalue weighted by Crippen LogP contribution is 2.26. The van der Waals surface area contributed by atoms with Crippen LogP contribution in [0.15, 0.2) is 27.1 Å². The Morgan fingerprint density at radius 3 is 2.56 bits per heavy atom. The highest BCUT2D eigenvalue weighted by molar-refractivity contribution is 9.11. The van der Waals surface area contributed by atoms with Gasteiger partial charge in [-0.1, -0.05) is 37.9 Å². The van der Waals surface area contributed by atoms with Crippen LogP contribution in [0.1, 0.15) is 18.5 Å². The number of benzene rings is 1. The largest absolute Gasteiger partial charge is 0.309 e. The molecule has 0 spiro atoms. The zero-order chi connectivity index (χ0) is 12.1. The summed E-state index contributed by atoms with van der Waals surface area (Å²) in [5, 5.41) is 3.50. The molecule has 16 heavy (non-hydrogen) atoms. The first-order chi connectivity index (χ1) is 7.50. The third-order valence-electron chi connectivity index (χ3n) is 2.44. The van der Waals surface area contributed by atoms with Crippen LogP contribution in [0.4, 0.5) is 0 Å². The lowest BCUT2D eigenvalue weighted by Crippen LogP contribution is -2.28. The number of likely N-dealkylation sites (N-methyl/N-ethyl adjacent to an activating group) is 1. The number of hydrogen-bond donors (Lipinski definition) is 1. The SMILES string of the molecule is CC(NCCN(C)C)c1ccc(Br)cc1Br. The van der Waals surface area contributed by atoms with E-state index in [-0.39, 0.29) is 0 Å². The quantitative estimate of drug-likeness (QED) is 0.876. The maximum absolute atomic E-state index is 3.59. The number of halogens is 2. The van der Waals surface area contributed by atoms with Crippen molar-refractivity contribution >= 4 is 31.9 Å². The molecule has 4 heteroatoms. The standard InChI is InChI=1S/C12H18Br2N2/c1-9(15-6-7-16(2)3)11-5-4-10(13)8-12(11)14/h4-5,8-9,15H,6-7H2,1-3H3. The fourth-order valence-electron chi connectivity index (χ4n) is 1.47. The van der Waals surface area contributed by atoms with Gasteiger partial charge < -0.3 is 10.2 Å².